The van der Waals surface area contributed by atoms with E-state index >= 15 is 0 Å². The fraction of sp³-hybridized carbons (Fsp3) is 0.211. The predicted octanol–water partition coefficient (Wildman–Crippen LogP) is 4.39. The third kappa shape index (κ3) is 2.20. The Bertz CT molecular complexity index is 640. The lowest BCUT2D eigenvalue weighted by Crippen LogP contribution is -2.27. The van der Waals surface area contributed by atoms with Crippen LogP contribution in [-0.4, -0.2) is 5.78 Å². The van der Waals surface area contributed by atoms with E-state index < -0.39 is 0 Å². The van der Waals surface area contributed by atoms with Crippen molar-refractivity contribution in [2.24, 2.45) is 0 Å². The molecule has 0 radical (unpaired) electrons. The molecule has 0 aromatic heterocycles. The number of Topliss-reactive ketones (excluding diaryl/α,β-unsaturated/α-hetero) is 1. The fourth-order valence-corrected chi connectivity index (χ4v) is 2.94. The van der Waals surface area contributed by atoms with Crippen LogP contribution in [0.15, 0.2) is 66.2 Å². The zero-order valence-electron chi connectivity index (χ0n) is 11.7. The third-order valence-electron chi connectivity index (χ3n) is 4.24. The SMILES string of the molecule is CC1(c2ccccc2)CC/C(=C/c2ccccc2)C1=O. The maximum absolute atomic E-state index is 12.8. The zero-order chi connectivity index (χ0) is 14.0. The van der Waals surface area contributed by atoms with Crippen LogP contribution in [-0.2, 0) is 10.2 Å². The highest BCUT2D eigenvalue weighted by molar-refractivity contribution is 6.08. The van der Waals surface area contributed by atoms with E-state index in [0.717, 1.165) is 29.5 Å². The summed E-state index contributed by atoms with van der Waals surface area (Å²) in [5.41, 5.74) is 2.82. The predicted molar refractivity (Wildman–Crippen MR) is 82.5 cm³/mol. The van der Waals surface area contributed by atoms with Crippen LogP contribution in [0.1, 0.15) is 30.9 Å². The summed E-state index contributed by atoms with van der Waals surface area (Å²) < 4.78 is 0. The molecule has 1 unspecified atom stereocenters. The van der Waals surface area contributed by atoms with Gasteiger partial charge >= 0.3 is 0 Å². The van der Waals surface area contributed by atoms with Crippen molar-refractivity contribution in [3.05, 3.63) is 77.4 Å². The molecule has 0 saturated heterocycles. The molecule has 1 aliphatic carbocycles. The van der Waals surface area contributed by atoms with E-state index in [2.05, 4.69) is 19.1 Å². The van der Waals surface area contributed by atoms with Crippen molar-refractivity contribution < 1.29 is 4.79 Å². The minimum atomic E-state index is -0.359. The summed E-state index contributed by atoms with van der Waals surface area (Å²) in [5, 5.41) is 0. The summed E-state index contributed by atoms with van der Waals surface area (Å²) in [6.07, 6.45) is 3.80. The van der Waals surface area contributed by atoms with Gasteiger partial charge in [-0.05, 0) is 42.5 Å². The number of hydrogen-bond acceptors (Lipinski definition) is 1. The molecule has 0 heterocycles. The topological polar surface area (TPSA) is 17.1 Å². The molecule has 1 atom stereocenters. The summed E-state index contributed by atoms with van der Waals surface area (Å²) >= 11 is 0. The molecule has 0 aliphatic heterocycles. The first-order valence-electron chi connectivity index (χ1n) is 7.06. The Morgan fingerprint density at radius 3 is 2.20 bits per heavy atom. The number of benzene rings is 2. The molecule has 1 aliphatic rings. The van der Waals surface area contributed by atoms with Gasteiger partial charge in [0.15, 0.2) is 5.78 Å². The standard InChI is InChI=1S/C19H18O/c1-19(17-10-6-3-7-11-17)13-12-16(18(19)20)14-15-8-4-2-5-9-15/h2-11,14H,12-13H2,1H3/b16-14-. The van der Waals surface area contributed by atoms with Gasteiger partial charge < -0.3 is 0 Å². The molecule has 3 rings (SSSR count). The van der Waals surface area contributed by atoms with Crippen molar-refractivity contribution in [3.63, 3.8) is 0 Å². The van der Waals surface area contributed by atoms with E-state index in [4.69, 9.17) is 0 Å². The van der Waals surface area contributed by atoms with Crippen LogP contribution < -0.4 is 0 Å². The molecule has 0 spiro atoms. The molecular weight excluding hydrogens is 244 g/mol. The minimum absolute atomic E-state index is 0.271. The van der Waals surface area contributed by atoms with Crippen molar-refractivity contribution in [2.75, 3.05) is 0 Å². The van der Waals surface area contributed by atoms with Gasteiger partial charge in [-0.25, -0.2) is 0 Å². The third-order valence-corrected chi connectivity index (χ3v) is 4.24. The number of carbonyl (C=O) groups excluding carboxylic acids is 1. The molecule has 1 heteroatoms. The van der Waals surface area contributed by atoms with E-state index in [0.29, 0.717) is 0 Å². The lowest BCUT2D eigenvalue weighted by molar-refractivity contribution is -0.118. The average molecular weight is 262 g/mol. The Labute approximate surface area is 120 Å². The van der Waals surface area contributed by atoms with Crippen LogP contribution in [0.2, 0.25) is 0 Å². The molecule has 100 valence electrons. The van der Waals surface area contributed by atoms with Gasteiger partial charge in [0.2, 0.25) is 0 Å². The maximum atomic E-state index is 12.8. The Kier molecular flexibility index (Phi) is 3.27. The monoisotopic (exact) mass is 262 g/mol. The van der Waals surface area contributed by atoms with Gasteiger partial charge in [-0.15, -0.1) is 0 Å². The first-order valence-corrected chi connectivity index (χ1v) is 7.06. The first kappa shape index (κ1) is 12.9. The number of ketones is 1. The molecule has 0 amide bonds. The highest BCUT2D eigenvalue weighted by atomic mass is 16.1. The van der Waals surface area contributed by atoms with Crippen LogP contribution in [0.4, 0.5) is 0 Å². The molecule has 2 aromatic rings. The van der Waals surface area contributed by atoms with Gasteiger partial charge in [0.1, 0.15) is 0 Å². The number of carbonyl (C=O) groups is 1. The maximum Gasteiger partial charge on any atom is 0.169 e. The van der Waals surface area contributed by atoms with Crippen LogP contribution in [0.25, 0.3) is 6.08 Å². The second kappa shape index (κ2) is 5.09. The molecule has 1 nitrogen and oxygen atoms in total. The van der Waals surface area contributed by atoms with Crippen LogP contribution >= 0.6 is 0 Å². The highest BCUT2D eigenvalue weighted by Crippen LogP contribution is 2.41. The largest absolute Gasteiger partial charge is 0.294 e. The van der Waals surface area contributed by atoms with E-state index in [-0.39, 0.29) is 11.2 Å². The summed E-state index contributed by atoms with van der Waals surface area (Å²) in [5.74, 6) is 0.271. The second-order valence-electron chi connectivity index (χ2n) is 5.61. The molecule has 1 saturated carbocycles. The van der Waals surface area contributed by atoms with Gasteiger partial charge in [0.25, 0.3) is 0 Å². The van der Waals surface area contributed by atoms with Gasteiger partial charge in [0.05, 0.1) is 5.41 Å². The van der Waals surface area contributed by atoms with Gasteiger partial charge in [-0.1, -0.05) is 60.7 Å². The van der Waals surface area contributed by atoms with Crippen LogP contribution in [0.3, 0.4) is 0 Å². The van der Waals surface area contributed by atoms with Crippen molar-refractivity contribution >= 4 is 11.9 Å². The van der Waals surface area contributed by atoms with Crippen molar-refractivity contribution in [1.29, 1.82) is 0 Å². The molecule has 0 N–H and O–H groups in total. The summed E-state index contributed by atoms with van der Waals surface area (Å²) in [6.45, 7) is 2.07. The first-order chi connectivity index (χ1) is 9.70. The van der Waals surface area contributed by atoms with E-state index in [9.17, 15) is 4.79 Å². The normalized spacial score (nSPS) is 24.2. The van der Waals surface area contributed by atoms with E-state index in [1.165, 1.54) is 0 Å². The van der Waals surface area contributed by atoms with E-state index in [1.807, 2.05) is 54.6 Å². The quantitative estimate of drug-likeness (QED) is 0.733. The van der Waals surface area contributed by atoms with Gasteiger partial charge in [-0.2, -0.15) is 0 Å². The molecule has 0 bridgehead atoms. The summed E-state index contributed by atoms with van der Waals surface area (Å²) in [7, 11) is 0. The zero-order valence-corrected chi connectivity index (χ0v) is 11.7. The smallest absolute Gasteiger partial charge is 0.169 e. The van der Waals surface area contributed by atoms with Gasteiger partial charge in [-0.3, -0.25) is 4.79 Å². The summed E-state index contributed by atoms with van der Waals surface area (Å²) in [6, 6.07) is 20.2. The van der Waals surface area contributed by atoms with Crippen LogP contribution in [0, 0.1) is 0 Å². The molecule has 2 aromatic carbocycles. The average Bonchev–Trinajstić information content (AvgIpc) is 2.79. The Morgan fingerprint density at radius 2 is 1.55 bits per heavy atom. The van der Waals surface area contributed by atoms with E-state index in [1.54, 1.807) is 0 Å². The van der Waals surface area contributed by atoms with Crippen molar-refractivity contribution in [1.82, 2.24) is 0 Å². The van der Waals surface area contributed by atoms with Gasteiger partial charge in [0, 0.05) is 0 Å². The molecule has 20 heavy (non-hydrogen) atoms. The lowest BCUT2D eigenvalue weighted by Gasteiger charge is -2.22. The summed E-state index contributed by atoms with van der Waals surface area (Å²) in [4.78, 5) is 12.8. The van der Waals surface area contributed by atoms with Crippen molar-refractivity contribution in [3.8, 4) is 0 Å². The lowest BCUT2D eigenvalue weighted by atomic mass is 9.80. The minimum Gasteiger partial charge on any atom is -0.294 e. The number of allylic oxidation sites excluding steroid dienone is 1. The van der Waals surface area contributed by atoms with Crippen LogP contribution in [0.5, 0.6) is 0 Å². The molecule has 1 fully saturated rings. The molecular formula is C19H18O. The Balaban J connectivity index is 1.93. The highest BCUT2D eigenvalue weighted by Gasteiger charge is 2.41. The number of hydrogen-bond donors (Lipinski definition) is 0. The number of rotatable bonds is 2. The second-order valence-corrected chi connectivity index (χ2v) is 5.61. The Morgan fingerprint density at radius 1 is 0.950 bits per heavy atom. The fourth-order valence-electron chi connectivity index (χ4n) is 2.94. The Hall–Kier alpha value is -2.15. The van der Waals surface area contributed by atoms with Crippen molar-refractivity contribution in [2.45, 2.75) is 25.2 Å².